The average molecular weight is 432 g/mol. The van der Waals surface area contributed by atoms with Gasteiger partial charge in [0.25, 0.3) is 0 Å². The van der Waals surface area contributed by atoms with Gasteiger partial charge in [-0.25, -0.2) is 21.4 Å². The van der Waals surface area contributed by atoms with Crippen molar-refractivity contribution in [2.24, 2.45) is 0 Å². The number of nitrogens with zero attached hydrogens (tertiary/aromatic N) is 2. The number of pyridine rings is 1. The third-order valence-electron chi connectivity index (χ3n) is 2.34. The van der Waals surface area contributed by atoms with Gasteiger partial charge in [-0.3, -0.25) is 0 Å². The van der Waals surface area contributed by atoms with Crippen LogP contribution in [0.2, 0.25) is 0 Å². The van der Waals surface area contributed by atoms with Crippen molar-refractivity contribution < 1.29 is 52.5 Å². The molecule has 1 heterocycles. The van der Waals surface area contributed by atoms with Gasteiger partial charge >= 0.3 is 11.0 Å². The maximum atomic E-state index is 11.4. The molecule has 15 heteroatoms. The fourth-order valence-corrected chi connectivity index (χ4v) is 2.91. The molecule has 0 aromatic carbocycles. The SMILES string of the molecule is COCC[n+]1cccc(C)c1.O=S(=O)([N-]S(=O)(=O)C(F)(F)F)C(F)(F)F. The van der Waals surface area contributed by atoms with E-state index in [1.165, 1.54) is 5.56 Å². The van der Waals surface area contributed by atoms with Gasteiger partial charge in [-0.2, -0.15) is 26.3 Å². The van der Waals surface area contributed by atoms with Gasteiger partial charge in [0.2, 0.25) is 0 Å². The third kappa shape index (κ3) is 7.84. The molecule has 0 atom stereocenters. The van der Waals surface area contributed by atoms with Gasteiger partial charge < -0.3 is 8.86 Å². The van der Waals surface area contributed by atoms with Crippen LogP contribution in [0.5, 0.6) is 0 Å². The normalized spacial score (nSPS) is 13.1. The van der Waals surface area contributed by atoms with Gasteiger partial charge in [-0.15, -0.1) is 0 Å². The summed E-state index contributed by atoms with van der Waals surface area (Å²) in [4.78, 5) is 0. The lowest BCUT2D eigenvalue weighted by Gasteiger charge is -2.22. The maximum Gasteiger partial charge on any atom is 0.480 e. The number of hydrogen-bond acceptors (Lipinski definition) is 5. The summed E-state index contributed by atoms with van der Waals surface area (Å²) in [6, 6.07) is 4.13. The molecule has 152 valence electrons. The molecule has 0 aliphatic heterocycles. The molecule has 0 saturated carbocycles. The van der Waals surface area contributed by atoms with Crippen LogP contribution < -0.4 is 4.57 Å². The van der Waals surface area contributed by atoms with Crippen molar-refractivity contribution in [3.63, 3.8) is 0 Å². The van der Waals surface area contributed by atoms with E-state index in [1.807, 2.05) is 12.3 Å². The molecule has 1 aromatic heterocycles. The van der Waals surface area contributed by atoms with Gasteiger partial charge in [0.1, 0.15) is 6.61 Å². The highest BCUT2D eigenvalue weighted by molar-refractivity contribution is 8.13. The second-order valence-corrected chi connectivity index (χ2v) is 7.95. The summed E-state index contributed by atoms with van der Waals surface area (Å²) in [5.41, 5.74) is -11.1. The molecule has 0 fully saturated rings. The number of halogens is 6. The van der Waals surface area contributed by atoms with Gasteiger partial charge in [0.15, 0.2) is 39.0 Å². The Morgan fingerprint density at radius 3 is 1.85 bits per heavy atom. The molecule has 0 bridgehead atoms. The highest BCUT2D eigenvalue weighted by Crippen LogP contribution is 2.36. The molecule has 0 saturated heterocycles. The molecule has 1 aromatic rings. The maximum absolute atomic E-state index is 11.4. The Labute approximate surface area is 145 Å². The smallest absolute Gasteiger partial charge is 0.421 e. The van der Waals surface area contributed by atoms with Crippen molar-refractivity contribution in [2.75, 3.05) is 13.7 Å². The Kier molecular flexibility index (Phi) is 8.46. The van der Waals surface area contributed by atoms with Crippen molar-refractivity contribution in [3.8, 4) is 0 Å². The number of aromatic nitrogens is 1. The molecule has 0 aliphatic carbocycles. The summed E-state index contributed by atoms with van der Waals surface area (Å²) in [6.45, 7) is 3.79. The lowest BCUT2D eigenvalue weighted by atomic mass is 10.3. The van der Waals surface area contributed by atoms with Gasteiger partial charge in [0.05, 0.1) is 0 Å². The van der Waals surface area contributed by atoms with Gasteiger partial charge in [-0.05, 0) is 13.0 Å². The fourth-order valence-electron chi connectivity index (χ4n) is 1.20. The molecule has 0 spiro atoms. The zero-order valence-corrected chi connectivity index (χ0v) is 14.9. The van der Waals surface area contributed by atoms with Crippen LogP contribution >= 0.6 is 0 Å². The first-order valence-electron chi connectivity index (χ1n) is 6.35. The van der Waals surface area contributed by atoms with Gasteiger partial charge in [-0.1, -0.05) is 0 Å². The minimum atomic E-state index is -6.72. The minimum absolute atomic E-state index is 0.772. The predicted molar refractivity (Wildman–Crippen MR) is 76.6 cm³/mol. The van der Waals surface area contributed by atoms with Crippen LogP contribution in [0.1, 0.15) is 5.56 Å². The van der Waals surface area contributed by atoms with E-state index in [4.69, 9.17) is 4.74 Å². The summed E-state index contributed by atoms with van der Waals surface area (Å²) < 4.78 is 116. The number of aryl methyl sites for hydroxylation is 1. The van der Waals surface area contributed by atoms with Crippen molar-refractivity contribution in [2.45, 2.75) is 24.5 Å². The molecular formula is C11H14F6N2O5S2. The molecule has 0 unspecified atom stereocenters. The number of hydrogen-bond donors (Lipinski definition) is 0. The summed E-state index contributed by atoms with van der Waals surface area (Å²) in [5, 5.41) is 0. The van der Waals surface area contributed by atoms with E-state index in [1.54, 1.807) is 7.11 Å². The molecule has 0 aliphatic rings. The molecule has 1 rings (SSSR count). The summed E-state index contributed by atoms with van der Waals surface area (Å²) in [7, 11) is -11.7. The van der Waals surface area contributed by atoms with Crippen LogP contribution in [0, 0.1) is 6.92 Å². The lowest BCUT2D eigenvalue weighted by Crippen LogP contribution is -2.35. The summed E-state index contributed by atoms with van der Waals surface area (Å²) in [6.07, 6.45) is 4.16. The molecule has 0 N–H and O–H groups in total. The largest absolute Gasteiger partial charge is 0.480 e. The Hall–Kier alpha value is -1.45. The van der Waals surface area contributed by atoms with E-state index in [-0.39, 0.29) is 0 Å². The van der Waals surface area contributed by atoms with Crippen LogP contribution in [-0.4, -0.2) is 41.6 Å². The summed E-state index contributed by atoms with van der Waals surface area (Å²) in [5.74, 6) is 0. The topological polar surface area (TPSA) is 95.5 Å². The quantitative estimate of drug-likeness (QED) is 0.524. The number of sulfonamides is 2. The highest BCUT2D eigenvalue weighted by atomic mass is 32.3. The van der Waals surface area contributed by atoms with Crippen molar-refractivity contribution >= 4 is 20.0 Å². The molecule has 26 heavy (non-hydrogen) atoms. The summed E-state index contributed by atoms with van der Waals surface area (Å²) >= 11 is 0. The van der Waals surface area contributed by atoms with Crippen LogP contribution in [-0.2, 0) is 31.3 Å². The average Bonchev–Trinajstić information content (AvgIpc) is 2.42. The van der Waals surface area contributed by atoms with Crippen LogP contribution in [0.25, 0.3) is 4.13 Å². The third-order valence-corrected chi connectivity index (χ3v) is 5.08. The Morgan fingerprint density at radius 2 is 1.50 bits per heavy atom. The van der Waals surface area contributed by atoms with E-state index in [9.17, 15) is 43.2 Å². The highest BCUT2D eigenvalue weighted by Gasteiger charge is 2.46. The van der Waals surface area contributed by atoms with E-state index >= 15 is 0 Å². The van der Waals surface area contributed by atoms with Gasteiger partial charge in [0, 0.05) is 18.7 Å². The monoisotopic (exact) mass is 432 g/mol. The fraction of sp³-hybridized carbons (Fsp3) is 0.545. The molecular weight excluding hydrogens is 418 g/mol. The molecule has 0 radical (unpaired) electrons. The standard InChI is InChI=1S/C9H14NO.C2F6NO4S2/c1-9-4-3-5-10(8-9)6-7-11-2;3-1(4,5)14(10,11)9-15(12,13)2(6,7)8/h3-5,8H,6-7H2,1-2H3;/q+1;-1. The number of methoxy groups -OCH3 is 1. The zero-order valence-electron chi connectivity index (χ0n) is 13.2. The van der Waals surface area contributed by atoms with Crippen LogP contribution in [0.4, 0.5) is 26.3 Å². The van der Waals surface area contributed by atoms with Crippen molar-refractivity contribution in [3.05, 3.63) is 34.2 Å². The Balaban J connectivity index is 0.000000502. The van der Waals surface area contributed by atoms with E-state index in [0.29, 0.717) is 0 Å². The molecule has 0 amide bonds. The van der Waals surface area contributed by atoms with E-state index < -0.39 is 31.1 Å². The number of alkyl halides is 6. The Bertz CT molecular complexity index is 748. The van der Waals surface area contributed by atoms with Crippen LogP contribution in [0.3, 0.4) is 0 Å². The van der Waals surface area contributed by atoms with Crippen molar-refractivity contribution in [1.82, 2.24) is 0 Å². The first kappa shape index (κ1) is 24.6. The first-order chi connectivity index (χ1) is 11.5. The van der Waals surface area contributed by atoms with E-state index in [0.717, 1.165) is 17.3 Å². The zero-order chi connectivity index (χ0) is 20.8. The van der Waals surface area contributed by atoms with Crippen LogP contribution in [0.15, 0.2) is 24.5 Å². The predicted octanol–water partition coefficient (Wildman–Crippen LogP) is 1.99. The molecule has 7 nitrogen and oxygen atoms in total. The lowest BCUT2D eigenvalue weighted by molar-refractivity contribution is -0.698. The number of rotatable bonds is 5. The van der Waals surface area contributed by atoms with E-state index in [2.05, 4.69) is 23.8 Å². The second-order valence-electron chi connectivity index (χ2n) is 4.53. The Morgan fingerprint density at radius 1 is 1.04 bits per heavy atom. The first-order valence-corrected chi connectivity index (χ1v) is 9.23. The minimum Gasteiger partial charge on any atom is -0.421 e. The van der Waals surface area contributed by atoms with Crippen molar-refractivity contribution in [1.29, 1.82) is 0 Å². The second kappa shape index (κ2) is 8.96. The number of ether oxygens (including phenoxy) is 1.